The summed E-state index contributed by atoms with van der Waals surface area (Å²) in [5.74, 6) is -0.394. The smallest absolute Gasteiger partial charge is 0.321 e. The molecule has 6 heteroatoms. The molecule has 2 aromatic rings. The first kappa shape index (κ1) is 19.9. The standard InChI is InChI=1S/C22H26FN3O2/c1-16-6-3-4-7-19(16)25-21(28)26-13-5-12-22(2,15-26)20(27)24-14-17-8-10-18(23)11-9-17/h3-4,6-11H,5,12-15H2,1-2H3,(H,24,27)(H,25,28). The molecule has 3 amide bonds. The number of nitrogens with zero attached hydrogens (tertiary/aromatic N) is 1. The second kappa shape index (κ2) is 8.42. The molecule has 0 aromatic heterocycles. The van der Waals surface area contributed by atoms with Crippen LogP contribution in [0.2, 0.25) is 0 Å². The minimum atomic E-state index is -0.651. The topological polar surface area (TPSA) is 61.4 Å². The fourth-order valence-electron chi connectivity index (χ4n) is 3.50. The van der Waals surface area contributed by atoms with Crippen molar-refractivity contribution in [2.24, 2.45) is 5.41 Å². The predicted molar refractivity (Wildman–Crippen MR) is 107 cm³/mol. The zero-order valence-corrected chi connectivity index (χ0v) is 16.3. The highest BCUT2D eigenvalue weighted by Crippen LogP contribution is 2.30. The van der Waals surface area contributed by atoms with Crippen LogP contribution in [-0.4, -0.2) is 29.9 Å². The summed E-state index contributed by atoms with van der Waals surface area (Å²) in [6.07, 6.45) is 1.48. The highest BCUT2D eigenvalue weighted by atomic mass is 19.1. The Morgan fingerprint density at radius 2 is 1.86 bits per heavy atom. The second-order valence-corrected chi connectivity index (χ2v) is 7.64. The Hall–Kier alpha value is -2.89. The van der Waals surface area contributed by atoms with Crippen LogP contribution in [0.15, 0.2) is 48.5 Å². The van der Waals surface area contributed by atoms with Crippen LogP contribution in [-0.2, 0) is 11.3 Å². The Kier molecular flexibility index (Phi) is 5.97. The fourth-order valence-corrected chi connectivity index (χ4v) is 3.50. The SMILES string of the molecule is Cc1ccccc1NC(=O)N1CCCC(C)(C(=O)NCc2ccc(F)cc2)C1. The summed E-state index contributed by atoms with van der Waals surface area (Å²) in [5, 5.41) is 5.87. The van der Waals surface area contributed by atoms with Crippen molar-refractivity contribution in [2.45, 2.75) is 33.2 Å². The van der Waals surface area contributed by atoms with E-state index in [0.717, 1.165) is 29.7 Å². The molecule has 148 valence electrons. The molecule has 28 heavy (non-hydrogen) atoms. The van der Waals surface area contributed by atoms with Gasteiger partial charge >= 0.3 is 6.03 Å². The van der Waals surface area contributed by atoms with Crippen LogP contribution in [0.1, 0.15) is 30.9 Å². The molecule has 0 radical (unpaired) electrons. The Morgan fingerprint density at radius 1 is 1.14 bits per heavy atom. The number of likely N-dealkylation sites (tertiary alicyclic amines) is 1. The number of piperidine rings is 1. The summed E-state index contributed by atoms with van der Waals surface area (Å²) in [5.41, 5.74) is 1.96. The summed E-state index contributed by atoms with van der Waals surface area (Å²) < 4.78 is 13.0. The van der Waals surface area contributed by atoms with E-state index < -0.39 is 5.41 Å². The molecule has 1 heterocycles. The molecular formula is C22H26FN3O2. The maximum Gasteiger partial charge on any atom is 0.321 e. The highest BCUT2D eigenvalue weighted by Gasteiger charge is 2.39. The molecule has 1 aliphatic heterocycles. The first-order chi connectivity index (χ1) is 13.4. The van der Waals surface area contributed by atoms with E-state index >= 15 is 0 Å². The number of anilines is 1. The summed E-state index contributed by atoms with van der Waals surface area (Å²) in [4.78, 5) is 27.2. The van der Waals surface area contributed by atoms with Gasteiger partial charge in [0.1, 0.15) is 5.82 Å². The first-order valence-corrected chi connectivity index (χ1v) is 9.52. The van der Waals surface area contributed by atoms with Crippen LogP contribution in [0.3, 0.4) is 0 Å². The normalized spacial score (nSPS) is 19.2. The van der Waals surface area contributed by atoms with Crippen molar-refractivity contribution in [3.63, 3.8) is 0 Å². The number of hydrogen-bond acceptors (Lipinski definition) is 2. The van der Waals surface area contributed by atoms with Gasteiger partial charge in [-0.3, -0.25) is 4.79 Å². The number of rotatable bonds is 4. The summed E-state index contributed by atoms with van der Waals surface area (Å²) >= 11 is 0. The van der Waals surface area contributed by atoms with Crippen molar-refractivity contribution < 1.29 is 14.0 Å². The number of carbonyl (C=O) groups is 2. The van der Waals surface area contributed by atoms with E-state index in [1.807, 2.05) is 38.1 Å². The Bertz CT molecular complexity index is 853. The lowest BCUT2D eigenvalue weighted by Gasteiger charge is -2.39. The average Bonchev–Trinajstić information content (AvgIpc) is 2.69. The van der Waals surface area contributed by atoms with E-state index in [-0.39, 0.29) is 17.8 Å². The van der Waals surface area contributed by atoms with Crippen molar-refractivity contribution >= 4 is 17.6 Å². The molecule has 1 atom stereocenters. The van der Waals surface area contributed by atoms with Gasteiger partial charge < -0.3 is 15.5 Å². The molecule has 0 saturated carbocycles. The third kappa shape index (κ3) is 4.68. The van der Waals surface area contributed by atoms with E-state index in [4.69, 9.17) is 0 Å². The summed E-state index contributed by atoms with van der Waals surface area (Å²) in [6, 6.07) is 13.5. The van der Waals surface area contributed by atoms with E-state index in [1.54, 1.807) is 17.0 Å². The Morgan fingerprint density at radius 3 is 2.57 bits per heavy atom. The first-order valence-electron chi connectivity index (χ1n) is 9.52. The number of para-hydroxylation sites is 1. The predicted octanol–water partition coefficient (Wildman–Crippen LogP) is 4.08. The summed E-state index contributed by atoms with van der Waals surface area (Å²) in [7, 11) is 0. The van der Waals surface area contributed by atoms with Crippen molar-refractivity contribution in [1.82, 2.24) is 10.2 Å². The molecule has 0 spiro atoms. The van der Waals surface area contributed by atoms with E-state index in [9.17, 15) is 14.0 Å². The molecule has 1 saturated heterocycles. The number of benzene rings is 2. The number of carbonyl (C=O) groups excluding carboxylic acids is 2. The molecule has 1 unspecified atom stereocenters. The number of amides is 3. The van der Waals surface area contributed by atoms with E-state index in [2.05, 4.69) is 10.6 Å². The van der Waals surface area contributed by atoms with Crippen LogP contribution in [0, 0.1) is 18.2 Å². The second-order valence-electron chi connectivity index (χ2n) is 7.64. The maximum atomic E-state index is 13.0. The number of halogens is 1. The molecule has 1 fully saturated rings. The molecule has 2 aromatic carbocycles. The van der Waals surface area contributed by atoms with Crippen molar-refractivity contribution in [1.29, 1.82) is 0 Å². The Labute approximate surface area is 164 Å². The van der Waals surface area contributed by atoms with Crippen molar-refractivity contribution in [2.75, 3.05) is 18.4 Å². The fraction of sp³-hybridized carbons (Fsp3) is 0.364. The lowest BCUT2D eigenvalue weighted by atomic mass is 9.81. The molecule has 3 rings (SSSR count). The molecule has 0 aliphatic carbocycles. The number of urea groups is 1. The average molecular weight is 383 g/mol. The largest absolute Gasteiger partial charge is 0.351 e. The van der Waals surface area contributed by atoms with Gasteiger partial charge in [-0.2, -0.15) is 0 Å². The van der Waals surface area contributed by atoms with Gasteiger partial charge in [0.25, 0.3) is 0 Å². The number of hydrogen-bond donors (Lipinski definition) is 2. The van der Waals surface area contributed by atoms with Gasteiger partial charge in [0.15, 0.2) is 0 Å². The molecule has 5 nitrogen and oxygen atoms in total. The lowest BCUT2D eigenvalue weighted by Crippen LogP contribution is -2.52. The summed E-state index contributed by atoms with van der Waals surface area (Å²) in [6.45, 7) is 5.15. The monoisotopic (exact) mass is 383 g/mol. The van der Waals surface area contributed by atoms with Crippen LogP contribution in [0.25, 0.3) is 0 Å². The van der Waals surface area contributed by atoms with Crippen molar-refractivity contribution in [3.8, 4) is 0 Å². The Balaban J connectivity index is 1.60. The van der Waals surface area contributed by atoms with Gasteiger partial charge in [0.2, 0.25) is 5.91 Å². The molecule has 0 bridgehead atoms. The quantitative estimate of drug-likeness (QED) is 0.836. The zero-order valence-electron chi connectivity index (χ0n) is 16.3. The van der Waals surface area contributed by atoms with Gasteiger partial charge in [0, 0.05) is 25.3 Å². The lowest BCUT2D eigenvalue weighted by molar-refractivity contribution is -0.132. The third-order valence-electron chi connectivity index (χ3n) is 5.28. The minimum Gasteiger partial charge on any atom is -0.351 e. The zero-order chi connectivity index (χ0) is 20.1. The number of aryl methyl sites for hydroxylation is 1. The van der Waals surface area contributed by atoms with Crippen LogP contribution in [0.5, 0.6) is 0 Å². The maximum absolute atomic E-state index is 13.0. The van der Waals surface area contributed by atoms with Gasteiger partial charge in [-0.25, -0.2) is 9.18 Å². The number of nitrogens with one attached hydrogen (secondary N) is 2. The molecule has 1 aliphatic rings. The van der Waals surface area contributed by atoms with E-state index in [1.165, 1.54) is 12.1 Å². The minimum absolute atomic E-state index is 0.0924. The van der Waals surface area contributed by atoms with E-state index in [0.29, 0.717) is 19.6 Å². The molecular weight excluding hydrogens is 357 g/mol. The van der Waals surface area contributed by atoms with Gasteiger partial charge in [-0.05, 0) is 56.0 Å². The highest BCUT2D eigenvalue weighted by molar-refractivity contribution is 5.91. The van der Waals surface area contributed by atoms with Crippen molar-refractivity contribution in [3.05, 3.63) is 65.5 Å². The molecule has 2 N–H and O–H groups in total. The van der Waals surface area contributed by atoms with Crippen LogP contribution >= 0.6 is 0 Å². The van der Waals surface area contributed by atoms with Gasteiger partial charge in [-0.15, -0.1) is 0 Å². The van der Waals surface area contributed by atoms with Gasteiger partial charge in [0.05, 0.1) is 5.41 Å². The van der Waals surface area contributed by atoms with Gasteiger partial charge in [-0.1, -0.05) is 30.3 Å². The third-order valence-corrected chi connectivity index (χ3v) is 5.28. The van der Waals surface area contributed by atoms with Crippen LogP contribution < -0.4 is 10.6 Å². The van der Waals surface area contributed by atoms with Crippen LogP contribution in [0.4, 0.5) is 14.9 Å².